The fourth-order valence-corrected chi connectivity index (χ4v) is 1.61. The van der Waals surface area contributed by atoms with Crippen molar-refractivity contribution in [1.29, 1.82) is 0 Å². The van der Waals surface area contributed by atoms with Crippen molar-refractivity contribution in [3.8, 4) is 0 Å². The van der Waals surface area contributed by atoms with Crippen LogP contribution in [0.5, 0.6) is 0 Å². The summed E-state index contributed by atoms with van der Waals surface area (Å²) in [4.78, 5) is 26.6. The highest BCUT2D eigenvalue weighted by molar-refractivity contribution is 5.97. The summed E-state index contributed by atoms with van der Waals surface area (Å²) in [5.74, 6) is -2.39. The second kappa shape index (κ2) is 5.57. The summed E-state index contributed by atoms with van der Waals surface area (Å²) < 4.78 is 12.9. The van der Waals surface area contributed by atoms with E-state index in [9.17, 15) is 14.0 Å². The first-order valence-electron chi connectivity index (χ1n) is 5.61. The minimum absolute atomic E-state index is 0.00234. The maximum Gasteiger partial charge on any atom is 0.329 e. The molecule has 1 heterocycles. The second-order valence-corrected chi connectivity index (χ2v) is 3.94. The van der Waals surface area contributed by atoms with Crippen LogP contribution in [-0.4, -0.2) is 27.5 Å². The van der Waals surface area contributed by atoms with Gasteiger partial charge in [-0.1, -0.05) is 13.8 Å². The van der Waals surface area contributed by atoms with Crippen LogP contribution < -0.4 is 5.32 Å². The van der Waals surface area contributed by atoms with Gasteiger partial charge < -0.3 is 10.4 Å². The van der Waals surface area contributed by atoms with E-state index in [1.807, 2.05) is 0 Å². The van der Waals surface area contributed by atoms with Crippen LogP contribution in [0.1, 0.15) is 37.0 Å². The van der Waals surface area contributed by atoms with Crippen molar-refractivity contribution in [1.82, 2.24) is 10.3 Å². The second-order valence-electron chi connectivity index (χ2n) is 3.94. The largest absolute Gasteiger partial charge is 0.480 e. The van der Waals surface area contributed by atoms with Crippen LogP contribution in [0.25, 0.3) is 0 Å². The SMILES string of the molecule is CCC(CC)(NC(=O)c1cncc(F)c1)C(=O)O. The van der Waals surface area contributed by atoms with Gasteiger partial charge in [0.15, 0.2) is 0 Å². The average molecular weight is 254 g/mol. The topological polar surface area (TPSA) is 79.3 Å². The lowest BCUT2D eigenvalue weighted by Crippen LogP contribution is -2.53. The van der Waals surface area contributed by atoms with E-state index >= 15 is 0 Å². The number of rotatable bonds is 5. The Morgan fingerprint density at radius 3 is 2.44 bits per heavy atom. The lowest BCUT2D eigenvalue weighted by molar-refractivity contribution is -0.144. The molecule has 0 aliphatic rings. The van der Waals surface area contributed by atoms with E-state index < -0.39 is 23.2 Å². The lowest BCUT2D eigenvalue weighted by Gasteiger charge is -2.27. The van der Waals surface area contributed by atoms with Gasteiger partial charge >= 0.3 is 5.97 Å². The molecule has 0 saturated heterocycles. The van der Waals surface area contributed by atoms with Crippen LogP contribution in [-0.2, 0) is 4.79 Å². The Hall–Kier alpha value is -1.98. The molecule has 0 spiro atoms. The van der Waals surface area contributed by atoms with E-state index in [1.54, 1.807) is 13.8 Å². The number of halogens is 1. The number of hydrogen-bond donors (Lipinski definition) is 2. The van der Waals surface area contributed by atoms with Gasteiger partial charge in [0, 0.05) is 6.20 Å². The van der Waals surface area contributed by atoms with Gasteiger partial charge in [-0.15, -0.1) is 0 Å². The molecule has 5 nitrogen and oxygen atoms in total. The molecule has 0 unspecified atom stereocenters. The summed E-state index contributed by atoms with van der Waals surface area (Å²) in [6.07, 6.45) is 2.65. The van der Waals surface area contributed by atoms with E-state index in [0.717, 1.165) is 12.3 Å². The molecule has 98 valence electrons. The molecule has 0 atom stereocenters. The fraction of sp³-hybridized carbons (Fsp3) is 0.417. The summed E-state index contributed by atoms with van der Waals surface area (Å²) >= 11 is 0. The molecule has 1 amide bonds. The van der Waals surface area contributed by atoms with Crippen molar-refractivity contribution in [3.63, 3.8) is 0 Å². The first-order valence-corrected chi connectivity index (χ1v) is 5.61. The van der Waals surface area contributed by atoms with Crippen molar-refractivity contribution in [2.75, 3.05) is 0 Å². The number of hydrogen-bond acceptors (Lipinski definition) is 3. The van der Waals surface area contributed by atoms with Gasteiger partial charge in [0.25, 0.3) is 5.91 Å². The zero-order valence-electron chi connectivity index (χ0n) is 10.2. The van der Waals surface area contributed by atoms with Crippen LogP contribution in [0.4, 0.5) is 4.39 Å². The average Bonchev–Trinajstić information content (AvgIpc) is 2.35. The van der Waals surface area contributed by atoms with E-state index in [4.69, 9.17) is 5.11 Å². The highest BCUT2D eigenvalue weighted by atomic mass is 19.1. The van der Waals surface area contributed by atoms with Gasteiger partial charge in [-0.3, -0.25) is 9.78 Å². The van der Waals surface area contributed by atoms with Crippen LogP contribution in [0, 0.1) is 5.82 Å². The molecule has 1 rings (SSSR count). The molecule has 2 N–H and O–H groups in total. The number of amides is 1. The van der Waals surface area contributed by atoms with Crippen LogP contribution >= 0.6 is 0 Å². The van der Waals surface area contributed by atoms with E-state index in [0.29, 0.717) is 0 Å². The van der Waals surface area contributed by atoms with Crippen LogP contribution in [0.15, 0.2) is 18.5 Å². The summed E-state index contributed by atoms with van der Waals surface area (Å²) in [6, 6.07) is 1.01. The van der Waals surface area contributed by atoms with E-state index in [1.165, 1.54) is 6.20 Å². The van der Waals surface area contributed by atoms with E-state index in [-0.39, 0.29) is 18.4 Å². The molecule has 0 radical (unpaired) electrons. The predicted molar refractivity (Wildman–Crippen MR) is 62.6 cm³/mol. The van der Waals surface area contributed by atoms with Gasteiger partial charge in [0.2, 0.25) is 0 Å². The summed E-state index contributed by atoms with van der Waals surface area (Å²) in [6.45, 7) is 3.34. The predicted octanol–water partition coefficient (Wildman–Crippen LogP) is 1.59. The van der Waals surface area contributed by atoms with Gasteiger partial charge in [0.05, 0.1) is 11.8 Å². The monoisotopic (exact) mass is 254 g/mol. The molecule has 18 heavy (non-hydrogen) atoms. The Kier molecular flexibility index (Phi) is 4.36. The van der Waals surface area contributed by atoms with Crippen LogP contribution in [0.3, 0.4) is 0 Å². The molecular formula is C12H15FN2O3. The number of carboxylic acid groups (broad SMARTS) is 1. The number of aliphatic carboxylic acids is 1. The number of carbonyl (C=O) groups excluding carboxylic acids is 1. The standard InChI is InChI=1S/C12H15FN2O3/c1-3-12(4-2,11(17)18)15-10(16)8-5-9(13)7-14-6-8/h5-7H,3-4H2,1-2H3,(H,15,16)(H,17,18). The maximum atomic E-state index is 12.9. The maximum absolute atomic E-state index is 12.9. The zero-order valence-corrected chi connectivity index (χ0v) is 10.2. The molecule has 0 aliphatic heterocycles. The number of nitrogens with one attached hydrogen (secondary N) is 1. The number of carbonyl (C=O) groups is 2. The number of carboxylic acids is 1. The third kappa shape index (κ3) is 2.82. The van der Waals surface area contributed by atoms with Gasteiger partial charge in [-0.05, 0) is 18.9 Å². The number of pyridine rings is 1. The van der Waals surface area contributed by atoms with Gasteiger partial charge in [-0.25, -0.2) is 9.18 Å². The van der Waals surface area contributed by atoms with Crippen LogP contribution in [0.2, 0.25) is 0 Å². The first-order chi connectivity index (χ1) is 8.45. The number of nitrogens with zero attached hydrogens (tertiary/aromatic N) is 1. The normalized spacial score (nSPS) is 11.1. The quantitative estimate of drug-likeness (QED) is 0.836. The molecule has 6 heteroatoms. The Labute approximate surface area is 104 Å². The fourth-order valence-electron chi connectivity index (χ4n) is 1.61. The Balaban J connectivity index is 2.95. The molecule has 0 fully saturated rings. The molecule has 1 aromatic rings. The molecule has 0 aliphatic carbocycles. The van der Waals surface area contributed by atoms with Crippen molar-refractivity contribution >= 4 is 11.9 Å². The highest BCUT2D eigenvalue weighted by Gasteiger charge is 2.36. The zero-order chi connectivity index (χ0) is 13.8. The van der Waals surface area contributed by atoms with Gasteiger partial charge in [0.1, 0.15) is 11.4 Å². The smallest absolute Gasteiger partial charge is 0.329 e. The Bertz CT molecular complexity index is 458. The third-order valence-corrected chi connectivity index (χ3v) is 2.94. The highest BCUT2D eigenvalue weighted by Crippen LogP contribution is 2.16. The minimum Gasteiger partial charge on any atom is -0.480 e. The van der Waals surface area contributed by atoms with E-state index in [2.05, 4.69) is 10.3 Å². The Morgan fingerprint density at radius 1 is 1.39 bits per heavy atom. The summed E-state index contributed by atoms with van der Waals surface area (Å²) in [5.41, 5.74) is -1.33. The van der Waals surface area contributed by atoms with Crippen molar-refractivity contribution in [3.05, 3.63) is 29.8 Å². The molecule has 0 aromatic carbocycles. The molecule has 1 aromatic heterocycles. The molecule has 0 bridgehead atoms. The summed E-state index contributed by atoms with van der Waals surface area (Å²) in [7, 11) is 0. The number of aromatic nitrogens is 1. The molecule has 0 saturated carbocycles. The molecular weight excluding hydrogens is 239 g/mol. The van der Waals surface area contributed by atoms with Crippen molar-refractivity contribution in [2.45, 2.75) is 32.2 Å². The van der Waals surface area contributed by atoms with Crippen molar-refractivity contribution < 1.29 is 19.1 Å². The van der Waals surface area contributed by atoms with Gasteiger partial charge in [-0.2, -0.15) is 0 Å². The third-order valence-electron chi connectivity index (χ3n) is 2.94. The Morgan fingerprint density at radius 2 is 2.00 bits per heavy atom. The minimum atomic E-state index is -1.33. The van der Waals surface area contributed by atoms with Crippen molar-refractivity contribution in [2.24, 2.45) is 0 Å². The first kappa shape index (κ1) is 14.1. The summed E-state index contributed by atoms with van der Waals surface area (Å²) in [5, 5.41) is 11.6. The lowest BCUT2D eigenvalue weighted by atomic mass is 9.92.